The van der Waals surface area contributed by atoms with E-state index in [0.29, 0.717) is 47.3 Å². The molecule has 1 aliphatic rings. The van der Waals surface area contributed by atoms with Gasteiger partial charge in [-0.15, -0.1) is 0 Å². The SMILES string of the molecule is COCCCN1C(=O)C(Nc2ccc(OC)cc2OC)=C(c2ccc(OC)c(OC)c2)C1=O. The van der Waals surface area contributed by atoms with Crippen LogP contribution in [0.5, 0.6) is 23.0 Å². The van der Waals surface area contributed by atoms with Gasteiger partial charge in [-0.25, -0.2) is 0 Å². The summed E-state index contributed by atoms with van der Waals surface area (Å²) in [6, 6.07) is 10.2. The summed E-state index contributed by atoms with van der Waals surface area (Å²) in [7, 11) is 7.68. The Hall–Kier alpha value is -3.72. The van der Waals surface area contributed by atoms with Gasteiger partial charge in [0.05, 0.1) is 39.7 Å². The molecule has 9 nitrogen and oxygen atoms in total. The molecule has 1 aliphatic heterocycles. The van der Waals surface area contributed by atoms with E-state index in [-0.39, 0.29) is 17.8 Å². The molecule has 9 heteroatoms. The Balaban J connectivity index is 2.09. The third-order valence-corrected chi connectivity index (χ3v) is 5.24. The van der Waals surface area contributed by atoms with Crippen LogP contribution in [0.1, 0.15) is 12.0 Å². The summed E-state index contributed by atoms with van der Waals surface area (Å²) in [6.45, 7) is 0.658. The lowest BCUT2D eigenvalue weighted by Gasteiger charge is -2.16. The van der Waals surface area contributed by atoms with Crippen molar-refractivity contribution in [1.29, 1.82) is 0 Å². The molecule has 0 aromatic heterocycles. The maximum Gasteiger partial charge on any atom is 0.278 e. The summed E-state index contributed by atoms with van der Waals surface area (Å²) in [5, 5.41) is 3.11. The molecule has 1 heterocycles. The standard InChI is InChI=1S/C24H28N2O7/c1-29-12-6-11-26-23(27)21(15-7-10-18(31-3)20(13-15)33-5)22(24(26)28)25-17-9-8-16(30-2)14-19(17)32-4/h7-10,13-14,25H,6,11-12H2,1-5H3. The largest absolute Gasteiger partial charge is 0.497 e. The van der Waals surface area contributed by atoms with Crippen LogP contribution in [-0.2, 0) is 14.3 Å². The van der Waals surface area contributed by atoms with Crippen molar-refractivity contribution in [3.63, 3.8) is 0 Å². The highest BCUT2D eigenvalue weighted by atomic mass is 16.5. The number of carbonyl (C=O) groups excluding carboxylic acids is 2. The monoisotopic (exact) mass is 456 g/mol. The summed E-state index contributed by atoms with van der Waals surface area (Å²) in [5.41, 5.74) is 1.42. The highest BCUT2D eigenvalue weighted by Crippen LogP contribution is 2.37. The van der Waals surface area contributed by atoms with Crippen molar-refractivity contribution in [2.24, 2.45) is 0 Å². The zero-order valence-electron chi connectivity index (χ0n) is 19.4. The minimum absolute atomic E-state index is 0.146. The van der Waals surface area contributed by atoms with Crippen LogP contribution in [0, 0.1) is 0 Å². The van der Waals surface area contributed by atoms with Crippen molar-refractivity contribution < 1.29 is 33.3 Å². The van der Waals surface area contributed by atoms with Crippen LogP contribution in [0.2, 0.25) is 0 Å². The second kappa shape index (κ2) is 10.7. The predicted molar refractivity (Wildman–Crippen MR) is 123 cm³/mol. The molecule has 2 aromatic carbocycles. The molecule has 1 N–H and O–H groups in total. The van der Waals surface area contributed by atoms with Gasteiger partial charge in [0.1, 0.15) is 17.2 Å². The number of carbonyl (C=O) groups is 2. The van der Waals surface area contributed by atoms with Crippen LogP contribution in [-0.4, -0.2) is 65.4 Å². The Morgan fingerprint density at radius 2 is 1.52 bits per heavy atom. The molecule has 0 fully saturated rings. The number of anilines is 1. The molecule has 0 unspecified atom stereocenters. The predicted octanol–water partition coefficient (Wildman–Crippen LogP) is 2.95. The first-order valence-corrected chi connectivity index (χ1v) is 10.3. The van der Waals surface area contributed by atoms with Crippen molar-refractivity contribution in [3.05, 3.63) is 47.7 Å². The molecule has 0 saturated carbocycles. The molecular weight excluding hydrogens is 428 g/mol. The van der Waals surface area contributed by atoms with E-state index < -0.39 is 11.8 Å². The second-order valence-corrected chi connectivity index (χ2v) is 7.12. The number of rotatable bonds is 11. The number of benzene rings is 2. The van der Waals surface area contributed by atoms with Crippen molar-refractivity contribution in [2.45, 2.75) is 6.42 Å². The van der Waals surface area contributed by atoms with Crippen LogP contribution in [0.15, 0.2) is 42.1 Å². The summed E-state index contributed by atoms with van der Waals surface area (Å²) in [4.78, 5) is 27.9. The normalized spacial score (nSPS) is 13.4. The fourth-order valence-electron chi connectivity index (χ4n) is 3.56. The van der Waals surface area contributed by atoms with E-state index in [2.05, 4.69) is 5.32 Å². The zero-order valence-corrected chi connectivity index (χ0v) is 19.4. The Morgan fingerprint density at radius 3 is 2.15 bits per heavy atom. The van der Waals surface area contributed by atoms with Gasteiger partial charge in [-0.1, -0.05) is 6.07 Å². The van der Waals surface area contributed by atoms with Crippen LogP contribution in [0.3, 0.4) is 0 Å². The van der Waals surface area contributed by atoms with Gasteiger partial charge in [-0.05, 0) is 36.2 Å². The summed E-state index contributed by atoms with van der Waals surface area (Å²) in [6.07, 6.45) is 0.520. The average Bonchev–Trinajstić information content (AvgIpc) is 3.07. The summed E-state index contributed by atoms with van der Waals surface area (Å²) >= 11 is 0. The van der Waals surface area contributed by atoms with E-state index in [4.69, 9.17) is 23.7 Å². The Labute approximate surface area is 192 Å². The van der Waals surface area contributed by atoms with Gasteiger partial charge >= 0.3 is 0 Å². The third kappa shape index (κ3) is 4.88. The summed E-state index contributed by atoms with van der Waals surface area (Å²) in [5.74, 6) is 1.19. The average molecular weight is 456 g/mol. The van der Waals surface area contributed by atoms with Crippen molar-refractivity contribution >= 4 is 23.1 Å². The molecule has 2 aromatic rings. The first kappa shape index (κ1) is 23.9. The molecule has 33 heavy (non-hydrogen) atoms. The number of imide groups is 1. The first-order valence-electron chi connectivity index (χ1n) is 10.3. The van der Waals surface area contributed by atoms with Crippen LogP contribution < -0.4 is 24.3 Å². The number of methoxy groups -OCH3 is 5. The van der Waals surface area contributed by atoms with E-state index in [9.17, 15) is 9.59 Å². The van der Waals surface area contributed by atoms with E-state index in [1.807, 2.05) is 0 Å². The van der Waals surface area contributed by atoms with Gasteiger partial charge in [-0.2, -0.15) is 0 Å². The van der Waals surface area contributed by atoms with E-state index in [1.165, 1.54) is 26.2 Å². The second-order valence-electron chi connectivity index (χ2n) is 7.12. The minimum Gasteiger partial charge on any atom is -0.497 e. The van der Waals surface area contributed by atoms with Crippen LogP contribution >= 0.6 is 0 Å². The van der Waals surface area contributed by atoms with Crippen LogP contribution in [0.25, 0.3) is 5.57 Å². The lowest BCUT2D eigenvalue weighted by molar-refractivity contribution is -0.136. The van der Waals surface area contributed by atoms with E-state index in [1.54, 1.807) is 50.6 Å². The fourth-order valence-corrected chi connectivity index (χ4v) is 3.56. The molecule has 0 bridgehead atoms. The highest BCUT2D eigenvalue weighted by Gasteiger charge is 2.39. The molecule has 0 aliphatic carbocycles. The summed E-state index contributed by atoms with van der Waals surface area (Å²) < 4.78 is 26.5. The number of amides is 2. The number of hydrogen-bond acceptors (Lipinski definition) is 8. The molecular formula is C24H28N2O7. The number of hydrogen-bond donors (Lipinski definition) is 1. The quantitative estimate of drug-likeness (QED) is 0.407. The molecule has 0 spiro atoms. The van der Waals surface area contributed by atoms with Crippen molar-refractivity contribution in [2.75, 3.05) is 54.0 Å². The number of nitrogens with one attached hydrogen (secondary N) is 1. The van der Waals surface area contributed by atoms with Crippen molar-refractivity contribution in [1.82, 2.24) is 4.90 Å². The number of ether oxygens (including phenoxy) is 5. The van der Waals surface area contributed by atoms with Gasteiger partial charge < -0.3 is 29.0 Å². The molecule has 0 radical (unpaired) electrons. The topological polar surface area (TPSA) is 95.6 Å². The smallest absolute Gasteiger partial charge is 0.278 e. The highest BCUT2D eigenvalue weighted by molar-refractivity contribution is 6.36. The number of nitrogens with zero attached hydrogens (tertiary/aromatic N) is 1. The maximum atomic E-state index is 13.4. The molecule has 2 amide bonds. The molecule has 0 atom stereocenters. The zero-order chi connectivity index (χ0) is 24.0. The minimum atomic E-state index is -0.432. The van der Waals surface area contributed by atoms with Gasteiger partial charge in [0.2, 0.25) is 0 Å². The van der Waals surface area contributed by atoms with E-state index >= 15 is 0 Å². The fraction of sp³-hybridized carbons (Fsp3) is 0.333. The molecule has 176 valence electrons. The van der Waals surface area contributed by atoms with E-state index in [0.717, 1.165) is 0 Å². The Bertz CT molecular complexity index is 1060. The van der Waals surface area contributed by atoms with Gasteiger partial charge in [0.25, 0.3) is 11.8 Å². The van der Waals surface area contributed by atoms with Crippen molar-refractivity contribution in [3.8, 4) is 23.0 Å². The van der Waals surface area contributed by atoms with Crippen LogP contribution in [0.4, 0.5) is 5.69 Å². The molecule has 3 rings (SSSR count). The molecule has 0 saturated heterocycles. The first-order chi connectivity index (χ1) is 16.0. The lowest BCUT2D eigenvalue weighted by Crippen LogP contribution is -2.33. The van der Waals surface area contributed by atoms with Gasteiger partial charge in [0, 0.05) is 26.3 Å². The van der Waals surface area contributed by atoms with Gasteiger partial charge in [0.15, 0.2) is 11.5 Å². The Kier molecular flexibility index (Phi) is 7.78. The Morgan fingerprint density at radius 1 is 0.788 bits per heavy atom. The van der Waals surface area contributed by atoms with Gasteiger partial charge in [-0.3, -0.25) is 14.5 Å². The maximum absolute atomic E-state index is 13.4. The lowest BCUT2D eigenvalue weighted by atomic mass is 10.0. The third-order valence-electron chi connectivity index (χ3n) is 5.24.